The molecule has 2 heterocycles. The van der Waals surface area contributed by atoms with E-state index in [1.165, 1.54) is 6.07 Å². The SMILES string of the molecule is O=C(Cn1nc2c(cc1=O)CSCC2)NC(C(=O)O)c1ccccc1. The van der Waals surface area contributed by atoms with E-state index in [-0.39, 0.29) is 12.1 Å². The zero-order valence-electron chi connectivity index (χ0n) is 13.3. The Labute approximate surface area is 148 Å². The van der Waals surface area contributed by atoms with Gasteiger partial charge in [-0.25, -0.2) is 9.48 Å². The van der Waals surface area contributed by atoms with Gasteiger partial charge in [-0.3, -0.25) is 9.59 Å². The number of hydrogen-bond acceptors (Lipinski definition) is 5. The summed E-state index contributed by atoms with van der Waals surface area (Å²) in [6.07, 6.45) is 0.754. The number of aliphatic carboxylic acids is 1. The Hall–Kier alpha value is -2.61. The van der Waals surface area contributed by atoms with Gasteiger partial charge in [-0.05, 0) is 16.9 Å². The number of thioether (sulfide) groups is 1. The number of fused-ring (bicyclic) bond motifs is 1. The molecule has 2 N–H and O–H groups in total. The van der Waals surface area contributed by atoms with Crippen LogP contribution in [0.5, 0.6) is 0 Å². The van der Waals surface area contributed by atoms with Gasteiger partial charge in [0.1, 0.15) is 6.54 Å². The quantitative estimate of drug-likeness (QED) is 0.825. The molecule has 8 heteroatoms. The molecule has 2 aromatic rings. The Morgan fingerprint density at radius 1 is 1.32 bits per heavy atom. The number of aryl methyl sites for hydroxylation is 1. The second-order valence-corrected chi connectivity index (χ2v) is 6.77. The number of benzene rings is 1. The molecule has 0 bridgehead atoms. The van der Waals surface area contributed by atoms with Crippen molar-refractivity contribution >= 4 is 23.6 Å². The van der Waals surface area contributed by atoms with Gasteiger partial charge in [0.15, 0.2) is 6.04 Å². The largest absolute Gasteiger partial charge is 0.479 e. The summed E-state index contributed by atoms with van der Waals surface area (Å²) in [6, 6.07) is 8.75. The maximum Gasteiger partial charge on any atom is 0.330 e. The molecular weight excluding hydrogens is 342 g/mol. The van der Waals surface area contributed by atoms with Crippen LogP contribution in [-0.2, 0) is 28.3 Å². The monoisotopic (exact) mass is 359 g/mol. The van der Waals surface area contributed by atoms with Crippen LogP contribution in [0.2, 0.25) is 0 Å². The molecule has 1 unspecified atom stereocenters. The van der Waals surface area contributed by atoms with Crippen molar-refractivity contribution in [1.82, 2.24) is 15.1 Å². The number of carbonyl (C=O) groups is 2. The standard InChI is InChI=1S/C17H17N3O4S/c21-14(18-16(17(23)24)11-4-2-1-3-5-11)9-20-15(22)8-12-10-25-7-6-13(12)19-20/h1-5,8,16H,6-7,9-10H2,(H,18,21)(H,23,24). The zero-order valence-corrected chi connectivity index (χ0v) is 14.2. The van der Waals surface area contributed by atoms with Crippen molar-refractivity contribution in [2.75, 3.05) is 5.75 Å². The summed E-state index contributed by atoms with van der Waals surface area (Å²) < 4.78 is 1.09. The molecule has 7 nitrogen and oxygen atoms in total. The van der Waals surface area contributed by atoms with Crippen LogP contribution in [0.15, 0.2) is 41.2 Å². The number of nitrogens with zero attached hydrogens (tertiary/aromatic N) is 2. The third kappa shape index (κ3) is 4.08. The minimum atomic E-state index is -1.17. The zero-order chi connectivity index (χ0) is 17.8. The van der Waals surface area contributed by atoms with Crippen molar-refractivity contribution in [3.63, 3.8) is 0 Å². The molecule has 0 saturated heterocycles. The van der Waals surface area contributed by atoms with E-state index >= 15 is 0 Å². The molecule has 1 aliphatic rings. The van der Waals surface area contributed by atoms with Gasteiger partial charge in [0.05, 0.1) is 5.69 Å². The van der Waals surface area contributed by atoms with Crippen LogP contribution in [0.4, 0.5) is 0 Å². The molecule has 0 radical (unpaired) electrons. The first-order chi connectivity index (χ1) is 12.0. The molecule has 1 amide bonds. The third-order valence-electron chi connectivity index (χ3n) is 3.88. The highest BCUT2D eigenvalue weighted by atomic mass is 32.2. The van der Waals surface area contributed by atoms with Crippen LogP contribution in [0.25, 0.3) is 0 Å². The highest BCUT2D eigenvalue weighted by Crippen LogP contribution is 2.21. The molecule has 1 aliphatic heterocycles. The topological polar surface area (TPSA) is 101 Å². The summed E-state index contributed by atoms with van der Waals surface area (Å²) in [5.41, 5.74) is 1.84. The summed E-state index contributed by atoms with van der Waals surface area (Å²) in [4.78, 5) is 35.8. The molecule has 1 aromatic carbocycles. The van der Waals surface area contributed by atoms with Crippen LogP contribution in [-0.4, -0.2) is 32.5 Å². The van der Waals surface area contributed by atoms with Gasteiger partial charge >= 0.3 is 5.97 Å². The molecule has 3 rings (SSSR count). The van der Waals surface area contributed by atoms with Gasteiger partial charge in [-0.2, -0.15) is 16.9 Å². The summed E-state index contributed by atoms with van der Waals surface area (Å²) in [6.45, 7) is -0.310. The second kappa shape index (κ2) is 7.52. The molecule has 130 valence electrons. The Morgan fingerprint density at radius 2 is 2.08 bits per heavy atom. The predicted octanol–water partition coefficient (Wildman–Crippen LogP) is 0.975. The number of aromatic nitrogens is 2. The lowest BCUT2D eigenvalue weighted by Gasteiger charge is -2.17. The Balaban J connectivity index is 1.76. The van der Waals surface area contributed by atoms with Crippen LogP contribution >= 0.6 is 11.8 Å². The number of carboxylic acids is 1. The fraction of sp³-hybridized carbons (Fsp3) is 0.294. The summed E-state index contributed by atoms with van der Waals surface area (Å²) in [7, 11) is 0. The van der Waals surface area contributed by atoms with Crippen molar-refractivity contribution in [2.45, 2.75) is 24.8 Å². The number of carbonyl (C=O) groups excluding carboxylic acids is 1. The van der Waals surface area contributed by atoms with E-state index < -0.39 is 17.9 Å². The van der Waals surface area contributed by atoms with Crippen molar-refractivity contribution in [1.29, 1.82) is 0 Å². The molecule has 0 spiro atoms. The van der Waals surface area contributed by atoms with Gasteiger partial charge in [0.2, 0.25) is 5.91 Å². The van der Waals surface area contributed by atoms with E-state index in [0.29, 0.717) is 5.56 Å². The molecule has 1 aromatic heterocycles. The van der Waals surface area contributed by atoms with Crippen LogP contribution in [0.1, 0.15) is 22.9 Å². The van der Waals surface area contributed by atoms with Crippen LogP contribution in [0.3, 0.4) is 0 Å². The van der Waals surface area contributed by atoms with E-state index in [1.807, 2.05) is 0 Å². The third-order valence-corrected chi connectivity index (χ3v) is 4.89. The number of hydrogen-bond donors (Lipinski definition) is 2. The molecule has 1 atom stereocenters. The van der Waals surface area contributed by atoms with Crippen molar-refractivity contribution in [3.8, 4) is 0 Å². The first-order valence-corrected chi connectivity index (χ1v) is 8.95. The Kier molecular flexibility index (Phi) is 5.18. The number of amides is 1. The van der Waals surface area contributed by atoms with Crippen molar-refractivity contribution in [3.05, 3.63) is 63.6 Å². The molecular formula is C17H17N3O4S. The lowest BCUT2D eigenvalue weighted by molar-refractivity contribution is -0.142. The minimum Gasteiger partial charge on any atom is -0.479 e. The van der Waals surface area contributed by atoms with Crippen molar-refractivity contribution in [2.24, 2.45) is 0 Å². The smallest absolute Gasteiger partial charge is 0.330 e. The van der Waals surface area contributed by atoms with E-state index in [2.05, 4.69) is 10.4 Å². The van der Waals surface area contributed by atoms with Gasteiger partial charge in [0, 0.05) is 18.2 Å². The number of carboxylic acid groups (broad SMARTS) is 1. The van der Waals surface area contributed by atoms with E-state index in [4.69, 9.17) is 0 Å². The second-order valence-electron chi connectivity index (χ2n) is 5.66. The van der Waals surface area contributed by atoms with Crippen molar-refractivity contribution < 1.29 is 14.7 Å². The van der Waals surface area contributed by atoms with E-state index in [1.54, 1.807) is 42.1 Å². The average Bonchev–Trinajstić information content (AvgIpc) is 2.61. The van der Waals surface area contributed by atoms with Crippen LogP contribution < -0.4 is 10.9 Å². The Bertz CT molecular complexity index is 851. The van der Waals surface area contributed by atoms with Gasteiger partial charge in [-0.15, -0.1) is 0 Å². The molecule has 0 fully saturated rings. The molecule has 0 aliphatic carbocycles. The number of rotatable bonds is 5. The fourth-order valence-electron chi connectivity index (χ4n) is 2.64. The average molecular weight is 359 g/mol. The highest BCUT2D eigenvalue weighted by Gasteiger charge is 2.22. The van der Waals surface area contributed by atoms with E-state index in [0.717, 1.165) is 33.9 Å². The van der Waals surface area contributed by atoms with Crippen LogP contribution in [0, 0.1) is 0 Å². The maximum absolute atomic E-state index is 12.2. The molecule has 0 saturated carbocycles. The summed E-state index contributed by atoms with van der Waals surface area (Å²) in [5, 5.41) is 16.1. The normalized spacial score (nSPS) is 14.4. The van der Waals surface area contributed by atoms with E-state index in [9.17, 15) is 19.5 Å². The lowest BCUT2D eigenvalue weighted by Crippen LogP contribution is -2.39. The highest BCUT2D eigenvalue weighted by molar-refractivity contribution is 7.98. The Morgan fingerprint density at radius 3 is 2.80 bits per heavy atom. The van der Waals surface area contributed by atoms with Gasteiger partial charge in [-0.1, -0.05) is 30.3 Å². The van der Waals surface area contributed by atoms with Gasteiger partial charge in [0.25, 0.3) is 5.56 Å². The first-order valence-electron chi connectivity index (χ1n) is 7.79. The van der Waals surface area contributed by atoms with Gasteiger partial charge < -0.3 is 10.4 Å². The minimum absolute atomic E-state index is 0.310. The molecule has 25 heavy (non-hydrogen) atoms. The number of nitrogens with one attached hydrogen (secondary N) is 1. The summed E-state index contributed by atoms with van der Waals surface area (Å²) in [5.74, 6) is -0.0579. The lowest BCUT2D eigenvalue weighted by atomic mass is 10.1. The fourth-order valence-corrected chi connectivity index (χ4v) is 3.59. The summed E-state index contributed by atoms with van der Waals surface area (Å²) >= 11 is 1.74. The maximum atomic E-state index is 12.2. The predicted molar refractivity (Wildman–Crippen MR) is 93.3 cm³/mol. The first kappa shape index (κ1) is 17.2.